The fraction of sp³-hybridized carbons (Fsp3) is 0.500. The zero-order chi connectivity index (χ0) is 8.27. The lowest BCUT2D eigenvalue weighted by Gasteiger charge is -1.94. The van der Waals surface area contributed by atoms with Gasteiger partial charge in [-0.1, -0.05) is 18.6 Å². The topological polar surface area (TPSA) is 17.1 Å². The second-order valence-electron chi connectivity index (χ2n) is 2.98. The van der Waals surface area contributed by atoms with Gasteiger partial charge < -0.3 is 0 Å². The SMILES string of the molecule is CCC1=CCCC(C)=CC1=O. The van der Waals surface area contributed by atoms with E-state index in [2.05, 4.69) is 6.08 Å². The third-order valence-corrected chi connectivity index (χ3v) is 2.00. The van der Waals surface area contributed by atoms with Crippen LogP contribution in [-0.2, 0) is 4.79 Å². The Labute approximate surface area is 67.8 Å². The van der Waals surface area contributed by atoms with Crippen LogP contribution in [0.1, 0.15) is 33.1 Å². The van der Waals surface area contributed by atoms with Gasteiger partial charge in [0.25, 0.3) is 0 Å². The first kappa shape index (κ1) is 8.25. The quantitative estimate of drug-likeness (QED) is 0.561. The molecule has 0 saturated carbocycles. The number of carbonyl (C=O) groups is 1. The summed E-state index contributed by atoms with van der Waals surface area (Å²) in [6.45, 7) is 4.04. The molecule has 0 radical (unpaired) electrons. The Hall–Kier alpha value is -0.850. The van der Waals surface area contributed by atoms with Gasteiger partial charge in [0.05, 0.1) is 0 Å². The van der Waals surface area contributed by atoms with Gasteiger partial charge in [-0.25, -0.2) is 0 Å². The van der Waals surface area contributed by atoms with Crippen molar-refractivity contribution >= 4 is 5.78 Å². The van der Waals surface area contributed by atoms with Gasteiger partial charge in [-0.3, -0.25) is 4.79 Å². The van der Waals surface area contributed by atoms with Gasteiger partial charge in [0.15, 0.2) is 5.78 Å². The van der Waals surface area contributed by atoms with Gasteiger partial charge in [0, 0.05) is 0 Å². The average Bonchev–Trinajstić information content (AvgIpc) is 2.11. The molecule has 11 heavy (non-hydrogen) atoms. The highest BCUT2D eigenvalue weighted by Crippen LogP contribution is 2.15. The molecule has 0 aromatic rings. The predicted octanol–water partition coefficient (Wildman–Crippen LogP) is 2.63. The summed E-state index contributed by atoms with van der Waals surface area (Å²) < 4.78 is 0. The molecule has 60 valence electrons. The number of rotatable bonds is 1. The molecule has 0 aromatic carbocycles. The summed E-state index contributed by atoms with van der Waals surface area (Å²) in [5.74, 6) is 0.211. The van der Waals surface area contributed by atoms with E-state index in [0.29, 0.717) is 0 Å². The van der Waals surface area contributed by atoms with Crippen molar-refractivity contribution in [1.29, 1.82) is 0 Å². The number of allylic oxidation sites excluding steroid dienone is 4. The largest absolute Gasteiger partial charge is 0.290 e. The lowest BCUT2D eigenvalue weighted by atomic mass is 10.1. The minimum absolute atomic E-state index is 0.211. The normalized spacial score (nSPS) is 18.9. The highest BCUT2D eigenvalue weighted by molar-refractivity contribution is 6.04. The first-order chi connectivity index (χ1) is 5.24. The second-order valence-corrected chi connectivity index (χ2v) is 2.98. The van der Waals surface area contributed by atoms with Gasteiger partial charge >= 0.3 is 0 Å². The van der Waals surface area contributed by atoms with Crippen molar-refractivity contribution in [2.45, 2.75) is 33.1 Å². The van der Waals surface area contributed by atoms with E-state index in [9.17, 15) is 4.79 Å². The predicted molar refractivity (Wildman–Crippen MR) is 46.4 cm³/mol. The third-order valence-electron chi connectivity index (χ3n) is 2.00. The van der Waals surface area contributed by atoms with Crippen LogP contribution in [0.15, 0.2) is 23.3 Å². The van der Waals surface area contributed by atoms with Crippen molar-refractivity contribution in [3.8, 4) is 0 Å². The van der Waals surface area contributed by atoms with E-state index in [-0.39, 0.29) is 5.78 Å². The fourth-order valence-corrected chi connectivity index (χ4v) is 1.28. The summed E-state index contributed by atoms with van der Waals surface area (Å²) in [4.78, 5) is 11.3. The van der Waals surface area contributed by atoms with Crippen LogP contribution in [-0.4, -0.2) is 5.78 Å². The van der Waals surface area contributed by atoms with Crippen molar-refractivity contribution in [2.24, 2.45) is 0 Å². The molecule has 0 aliphatic heterocycles. The highest BCUT2D eigenvalue weighted by atomic mass is 16.1. The second kappa shape index (κ2) is 3.51. The molecule has 0 spiro atoms. The molecule has 0 heterocycles. The molecule has 0 unspecified atom stereocenters. The maximum atomic E-state index is 11.3. The van der Waals surface area contributed by atoms with E-state index in [4.69, 9.17) is 0 Å². The zero-order valence-corrected chi connectivity index (χ0v) is 7.18. The average molecular weight is 150 g/mol. The van der Waals surface area contributed by atoms with Gasteiger partial charge in [-0.15, -0.1) is 0 Å². The fourth-order valence-electron chi connectivity index (χ4n) is 1.28. The number of carbonyl (C=O) groups excluding carboxylic acids is 1. The number of hydrogen-bond acceptors (Lipinski definition) is 1. The Balaban J connectivity index is 2.82. The van der Waals surface area contributed by atoms with Crippen molar-refractivity contribution in [3.63, 3.8) is 0 Å². The molecule has 0 amide bonds. The number of ketones is 1. The molecule has 0 fully saturated rings. The first-order valence-corrected chi connectivity index (χ1v) is 4.14. The van der Waals surface area contributed by atoms with E-state index >= 15 is 0 Å². The van der Waals surface area contributed by atoms with E-state index in [1.54, 1.807) is 6.08 Å². The van der Waals surface area contributed by atoms with Crippen LogP contribution in [0.3, 0.4) is 0 Å². The monoisotopic (exact) mass is 150 g/mol. The van der Waals surface area contributed by atoms with E-state index in [1.807, 2.05) is 13.8 Å². The molecule has 0 bridgehead atoms. The molecule has 1 nitrogen and oxygen atoms in total. The molecule has 1 heteroatoms. The van der Waals surface area contributed by atoms with E-state index in [1.165, 1.54) is 5.57 Å². The van der Waals surface area contributed by atoms with Crippen LogP contribution in [0.2, 0.25) is 0 Å². The van der Waals surface area contributed by atoms with Gasteiger partial charge in [0.1, 0.15) is 0 Å². The molecule has 0 aromatic heterocycles. The van der Waals surface area contributed by atoms with Crippen LogP contribution in [0, 0.1) is 0 Å². The number of hydrogen-bond donors (Lipinski definition) is 0. The van der Waals surface area contributed by atoms with Gasteiger partial charge in [0.2, 0.25) is 0 Å². The van der Waals surface area contributed by atoms with Gasteiger partial charge in [-0.2, -0.15) is 0 Å². The van der Waals surface area contributed by atoms with Crippen molar-refractivity contribution < 1.29 is 4.79 Å². The molecule has 0 atom stereocenters. The summed E-state index contributed by atoms with van der Waals surface area (Å²) in [6, 6.07) is 0. The highest BCUT2D eigenvalue weighted by Gasteiger charge is 2.07. The van der Waals surface area contributed by atoms with Crippen LogP contribution in [0.4, 0.5) is 0 Å². The molecule has 0 N–H and O–H groups in total. The van der Waals surface area contributed by atoms with E-state index < -0.39 is 0 Å². The van der Waals surface area contributed by atoms with E-state index in [0.717, 1.165) is 24.8 Å². The summed E-state index contributed by atoms with van der Waals surface area (Å²) in [5, 5.41) is 0. The maximum Gasteiger partial charge on any atom is 0.181 e. The molecule has 1 rings (SSSR count). The third kappa shape index (κ3) is 2.04. The Morgan fingerprint density at radius 2 is 2.27 bits per heavy atom. The smallest absolute Gasteiger partial charge is 0.181 e. The maximum absolute atomic E-state index is 11.3. The Kier molecular flexibility index (Phi) is 2.64. The molecular formula is C10H14O. The Morgan fingerprint density at radius 3 is 2.91 bits per heavy atom. The molecule has 1 aliphatic carbocycles. The minimum atomic E-state index is 0.211. The van der Waals surface area contributed by atoms with Crippen LogP contribution in [0.25, 0.3) is 0 Å². The summed E-state index contributed by atoms with van der Waals surface area (Å²) in [5.41, 5.74) is 2.18. The van der Waals surface area contributed by atoms with Crippen molar-refractivity contribution in [2.75, 3.05) is 0 Å². The first-order valence-electron chi connectivity index (χ1n) is 4.14. The van der Waals surface area contributed by atoms with Crippen molar-refractivity contribution in [3.05, 3.63) is 23.3 Å². The van der Waals surface area contributed by atoms with Crippen LogP contribution in [0.5, 0.6) is 0 Å². The van der Waals surface area contributed by atoms with Crippen LogP contribution < -0.4 is 0 Å². The molecule has 1 aliphatic rings. The molecule has 0 saturated heterocycles. The standard InChI is InChI=1S/C10H14O/c1-3-9-6-4-5-8(2)7-10(9)11/h6-7H,3-5H2,1-2H3. The summed E-state index contributed by atoms with van der Waals surface area (Å²) in [7, 11) is 0. The lowest BCUT2D eigenvalue weighted by Crippen LogP contribution is -1.95. The lowest BCUT2D eigenvalue weighted by molar-refractivity contribution is -0.111. The Bertz CT molecular complexity index is 221. The zero-order valence-electron chi connectivity index (χ0n) is 7.18. The van der Waals surface area contributed by atoms with Crippen molar-refractivity contribution in [1.82, 2.24) is 0 Å². The van der Waals surface area contributed by atoms with Crippen LogP contribution >= 0.6 is 0 Å². The minimum Gasteiger partial charge on any atom is -0.290 e. The Morgan fingerprint density at radius 1 is 1.55 bits per heavy atom. The summed E-state index contributed by atoms with van der Waals surface area (Å²) >= 11 is 0. The molecular weight excluding hydrogens is 136 g/mol. The van der Waals surface area contributed by atoms with Gasteiger partial charge in [-0.05, 0) is 37.8 Å². The summed E-state index contributed by atoms with van der Waals surface area (Å²) in [6.07, 6.45) is 6.76.